The number of carbonyl (C=O) groups excluding carboxylic acids is 1. The molecule has 0 saturated carbocycles. The van der Waals surface area contributed by atoms with Crippen molar-refractivity contribution in [2.45, 2.75) is 6.61 Å². The standard InChI is InChI=1S/C20H16N2O4/c23-20(22-16-3-6-18-19(11-16)26-13-25-18)15-1-4-17(5-2-15)24-12-14-7-9-21-10-8-14/h1-11H,12-13H2,(H,22,23). The Morgan fingerprint density at radius 1 is 1.00 bits per heavy atom. The molecule has 0 bridgehead atoms. The van der Waals surface area contributed by atoms with E-state index in [9.17, 15) is 4.79 Å². The van der Waals surface area contributed by atoms with Gasteiger partial charge in [0.05, 0.1) is 0 Å². The second-order valence-corrected chi connectivity index (χ2v) is 5.69. The second kappa shape index (κ2) is 7.14. The Balaban J connectivity index is 1.37. The average Bonchev–Trinajstić information content (AvgIpc) is 3.15. The summed E-state index contributed by atoms with van der Waals surface area (Å²) < 4.78 is 16.3. The minimum atomic E-state index is -0.204. The molecule has 0 fully saturated rings. The van der Waals surface area contributed by atoms with Gasteiger partial charge < -0.3 is 19.5 Å². The normalized spacial score (nSPS) is 11.8. The first-order chi connectivity index (χ1) is 12.8. The number of pyridine rings is 1. The van der Waals surface area contributed by atoms with Crippen LogP contribution in [0.5, 0.6) is 17.2 Å². The molecule has 1 amide bonds. The van der Waals surface area contributed by atoms with Gasteiger partial charge in [-0.2, -0.15) is 0 Å². The van der Waals surface area contributed by atoms with Crippen LogP contribution in [0, 0.1) is 0 Å². The molecular weight excluding hydrogens is 332 g/mol. The van der Waals surface area contributed by atoms with Gasteiger partial charge in [-0.25, -0.2) is 0 Å². The van der Waals surface area contributed by atoms with Gasteiger partial charge in [-0.15, -0.1) is 0 Å². The molecule has 2 heterocycles. The third kappa shape index (κ3) is 3.59. The van der Waals surface area contributed by atoms with Gasteiger partial charge in [-0.05, 0) is 54.1 Å². The van der Waals surface area contributed by atoms with Crippen molar-refractivity contribution in [2.75, 3.05) is 12.1 Å². The van der Waals surface area contributed by atoms with Crippen molar-refractivity contribution in [3.63, 3.8) is 0 Å². The van der Waals surface area contributed by atoms with Crippen molar-refractivity contribution in [1.29, 1.82) is 0 Å². The smallest absolute Gasteiger partial charge is 0.255 e. The maximum absolute atomic E-state index is 12.4. The highest BCUT2D eigenvalue weighted by atomic mass is 16.7. The van der Waals surface area contributed by atoms with Crippen molar-refractivity contribution < 1.29 is 19.0 Å². The van der Waals surface area contributed by atoms with Crippen molar-refractivity contribution in [1.82, 2.24) is 4.98 Å². The lowest BCUT2D eigenvalue weighted by molar-refractivity contribution is 0.102. The number of hydrogen-bond acceptors (Lipinski definition) is 5. The van der Waals surface area contributed by atoms with E-state index in [1.165, 1.54) is 0 Å². The van der Waals surface area contributed by atoms with Gasteiger partial charge in [0, 0.05) is 29.7 Å². The number of amides is 1. The van der Waals surface area contributed by atoms with Crippen LogP contribution in [0.1, 0.15) is 15.9 Å². The molecule has 130 valence electrons. The average molecular weight is 348 g/mol. The van der Waals surface area contributed by atoms with E-state index in [0.29, 0.717) is 35.1 Å². The van der Waals surface area contributed by atoms with Gasteiger partial charge in [0.2, 0.25) is 6.79 Å². The Bertz CT molecular complexity index is 911. The fourth-order valence-electron chi connectivity index (χ4n) is 2.53. The number of nitrogens with zero attached hydrogens (tertiary/aromatic N) is 1. The van der Waals surface area contributed by atoms with Crippen LogP contribution in [0.3, 0.4) is 0 Å². The van der Waals surface area contributed by atoms with Crippen LogP contribution in [0.15, 0.2) is 67.0 Å². The van der Waals surface area contributed by atoms with Crippen LogP contribution >= 0.6 is 0 Å². The fourth-order valence-corrected chi connectivity index (χ4v) is 2.53. The predicted molar refractivity (Wildman–Crippen MR) is 95.5 cm³/mol. The van der Waals surface area contributed by atoms with Crippen molar-refractivity contribution in [3.8, 4) is 17.2 Å². The first kappa shape index (κ1) is 16.0. The molecule has 1 aliphatic heterocycles. The maximum atomic E-state index is 12.4. The van der Waals surface area contributed by atoms with Crippen LogP contribution in [-0.4, -0.2) is 17.7 Å². The predicted octanol–water partition coefficient (Wildman–Crippen LogP) is 3.64. The molecular formula is C20H16N2O4. The molecule has 4 rings (SSSR count). The van der Waals surface area contributed by atoms with Gasteiger partial charge in [0.25, 0.3) is 5.91 Å². The van der Waals surface area contributed by atoms with E-state index in [0.717, 1.165) is 5.56 Å². The number of aromatic nitrogens is 1. The number of rotatable bonds is 5. The van der Waals surface area contributed by atoms with E-state index in [2.05, 4.69) is 10.3 Å². The molecule has 0 spiro atoms. The van der Waals surface area contributed by atoms with Gasteiger partial charge in [0.15, 0.2) is 11.5 Å². The van der Waals surface area contributed by atoms with Crippen molar-refractivity contribution >= 4 is 11.6 Å². The van der Waals surface area contributed by atoms with Gasteiger partial charge >= 0.3 is 0 Å². The number of carbonyl (C=O) groups is 1. The molecule has 3 aromatic rings. The number of nitrogens with one attached hydrogen (secondary N) is 1. The molecule has 1 aliphatic rings. The Morgan fingerprint density at radius 3 is 2.58 bits per heavy atom. The minimum absolute atomic E-state index is 0.202. The lowest BCUT2D eigenvalue weighted by atomic mass is 10.2. The van der Waals surface area contributed by atoms with E-state index in [1.807, 2.05) is 12.1 Å². The number of fused-ring (bicyclic) bond motifs is 1. The van der Waals surface area contributed by atoms with Gasteiger partial charge in [0.1, 0.15) is 12.4 Å². The highest BCUT2D eigenvalue weighted by Gasteiger charge is 2.14. The number of ether oxygens (including phenoxy) is 3. The summed E-state index contributed by atoms with van der Waals surface area (Å²) in [6.45, 7) is 0.652. The third-order valence-corrected chi connectivity index (χ3v) is 3.90. The van der Waals surface area contributed by atoms with E-state index >= 15 is 0 Å². The monoisotopic (exact) mass is 348 g/mol. The molecule has 0 unspecified atom stereocenters. The Morgan fingerprint density at radius 2 is 1.77 bits per heavy atom. The Labute approximate surface area is 150 Å². The maximum Gasteiger partial charge on any atom is 0.255 e. The number of benzene rings is 2. The zero-order valence-electron chi connectivity index (χ0n) is 13.8. The SMILES string of the molecule is O=C(Nc1ccc2c(c1)OCO2)c1ccc(OCc2ccncc2)cc1. The highest BCUT2D eigenvalue weighted by Crippen LogP contribution is 2.34. The zero-order chi connectivity index (χ0) is 17.8. The molecule has 1 N–H and O–H groups in total. The van der Waals surface area contributed by atoms with Gasteiger partial charge in [-0.3, -0.25) is 9.78 Å². The van der Waals surface area contributed by atoms with Crippen LogP contribution in [0.25, 0.3) is 0 Å². The number of hydrogen-bond donors (Lipinski definition) is 1. The molecule has 0 aliphatic carbocycles. The first-order valence-electron chi connectivity index (χ1n) is 8.11. The molecule has 0 radical (unpaired) electrons. The summed E-state index contributed by atoms with van der Waals surface area (Å²) in [6.07, 6.45) is 3.45. The fraction of sp³-hybridized carbons (Fsp3) is 0.100. The highest BCUT2D eigenvalue weighted by molar-refractivity contribution is 6.04. The number of anilines is 1. The lowest BCUT2D eigenvalue weighted by Crippen LogP contribution is -2.11. The van der Waals surface area contributed by atoms with Gasteiger partial charge in [-0.1, -0.05) is 0 Å². The molecule has 0 saturated heterocycles. The summed E-state index contributed by atoms with van der Waals surface area (Å²) in [4.78, 5) is 16.3. The molecule has 0 atom stereocenters. The zero-order valence-corrected chi connectivity index (χ0v) is 13.8. The summed E-state index contributed by atoms with van der Waals surface area (Å²) >= 11 is 0. The third-order valence-electron chi connectivity index (χ3n) is 3.90. The van der Waals surface area contributed by atoms with Crippen LogP contribution in [0.2, 0.25) is 0 Å². The minimum Gasteiger partial charge on any atom is -0.489 e. The van der Waals surface area contributed by atoms with E-state index in [1.54, 1.807) is 54.9 Å². The summed E-state index contributed by atoms with van der Waals surface area (Å²) in [5.74, 6) is 1.80. The molecule has 6 heteroatoms. The Hall–Kier alpha value is -3.54. The lowest BCUT2D eigenvalue weighted by Gasteiger charge is -2.08. The second-order valence-electron chi connectivity index (χ2n) is 5.69. The molecule has 1 aromatic heterocycles. The Kier molecular flexibility index (Phi) is 4.38. The van der Waals surface area contributed by atoms with Crippen LogP contribution < -0.4 is 19.5 Å². The summed E-state index contributed by atoms with van der Waals surface area (Å²) in [5.41, 5.74) is 2.22. The summed E-state index contributed by atoms with van der Waals surface area (Å²) in [7, 11) is 0. The molecule has 6 nitrogen and oxygen atoms in total. The van der Waals surface area contributed by atoms with Crippen molar-refractivity contribution in [3.05, 3.63) is 78.1 Å². The topological polar surface area (TPSA) is 69.7 Å². The summed E-state index contributed by atoms with van der Waals surface area (Å²) in [6, 6.07) is 16.1. The largest absolute Gasteiger partial charge is 0.489 e. The quantitative estimate of drug-likeness (QED) is 0.762. The molecule has 2 aromatic carbocycles. The van der Waals surface area contributed by atoms with E-state index in [4.69, 9.17) is 14.2 Å². The van der Waals surface area contributed by atoms with Crippen LogP contribution in [-0.2, 0) is 6.61 Å². The van der Waals surface area contributed by atoms with E-state index < -0.39 is 0 Å². The van der Waals surface area contributed by atoms with E-state index in [-0.39, 0.29) is 12.7 Å². The molecule has 26 heavy (non-hydrogen) atoms. The summed E-state index contributed by atoms with van der Waals surface area (Å²) in [5, 5.41) is 2.84. The van der Waals surface area contributed by atoms with Crippen molar-refractivity contribution in [2.24, 2.45) is 0 Å². The first-order valence-corrected chi connectivity index (χ1v) is 8.11. The van der Waals surface area contributed by atoms with Crippen LogP contribution in [0.4, 0.5) is 5.69 Å².